The Bertz CT molecular complexity index is 459. The van der Waals surface area contributed by atoms with E-state index in [2.05, 4.69) is 23.7 Å². The summed E-state index contributed by atoms with van der Waals surface area (Å²) in [5.74, 6) is 0. The van der Waals surface area contributed by atoms with Gasteiger partial charge in [0.15, 0.2) is 0 Å². The Morgan fingerprint density at radius 1 is 1.33 bits per heavy atom. The number of hydrogen-bond donors (Lipinski definition) is 0. The summed E-state index contributed by atoms with van der Waals surface area (Å²) in [6, 6.07) is 10.2. The Morgan fingerprint density at radius 2 is 2.07 bits per heavy atom. The fraction of sp³-hybridized carbons (Fsp3) is 0.0833. The maximum absolute atomic E-state index is 5.75. The zero-order chi connectivity index (χ0) is 10.7. The van der Waals surface area contributed by atoms with E-state index in [9.17, 15) is 0 Å². The molecule has 1 aromatic carbocycles. The minimum absolute atomic E-state index is 0.474. The van der Waals surface area contributed by atoms with E-state index < -0.39 is 0 Å². The van der Waals surface area contributed by atoms with Crippen LogP contribution in [-0.2, 0) is 6.54 Å². The van der Waals surface area contributed by atoms with E-state index in [0.717, 1.165) is 12.2 Å². The molecule has 0 aliphatic carbocycles. The van der Waals surface area contributed by atoms with Crippen LogP contribution in [0.4, 0.5) is 0 Å². The van der Waals surface area contributed by atoms with Crippen molar-refractivity contribution in [1.29, 1.82) is 0 Å². The Hall–Kier alpha value is -1.54. The first-order valence-electron chi connectivity index (χ1n) is 4.66. The molecule has 76 valence electrons. The van der Waals surface area contributed by atoms with Crippen molar-refractivity contribution in [2.45, 2.75) is 6.54 Å². The van der Waals surface area contributed by atoms with Crippen LogP contribution in [-0.4, -0.2) is 9.55 Å². The quantitative estimate of drug-likeness (QED) is 0.774. The van der Waals surface area contributed by atoms with Gasteiger partial charge in [-0.15, -0.1) is 0 Å². The molecular weight excluding hydrogens is 208 g/mol. The van der Waals surface area contributed by atoms with Gasteiger partial charge in [-0.05, 0) is 5.56 Å². The van der Waals surface area contributed by atoms with E-state index in [-0.39, 0.29) is 0 Å². The van der Waals surface area contributed by atoms with Gasteiger partial charge in [-0.1, -0.05) is 48.5 Å². The average Bonchev–Trinajstić information content (AvgIpc) is 2.68. The normalized spacial score (nSPS) is 10.2. The zero-order valence-electron chi connectivity index (χ0n) is 8.23. The highest BCUT2D eigenvalue weighted by Crippen LogP contribution is 2.13. The van der Waals surface area contributed by atoms with Crippen LogP contribution in [0.2, 0.25) is 0 Å². The van der Waals surface area contributed by atoms with Crippen molar-refractivity contribution in [3.63, 3.8) is 0 Å². The summed E-state index contributed by atoms with van der Waals surface area (Å²) in [6.45, 7) is 4.44. The van der Waals surface area contributed by atoms with Gasteiger partial charge in [0, 0.05) is 12.7 Å². The molecule has 15 heavy (non-hydrogen) atoms. The lowest BCUT2D eigenvalue weighted by Gasteiger charge is -2.00. The average molecular weight is 219 g/mol. The molecule has 0 aliphatic heterocycles. The summed E-state index contributed by atoms with van der Waals surface area (Å²) in [5, 5.41) is 0.474. The molecule has 0 saturated carbocycles. The minimum atomic E-state index is 0.474. The van der Waals surface area contributed by atoms with Crippen molar-refractivity contribution in [2.75, 3.05) is 0 Å². The van der Waals surface area contributed by atoms with Crippen LogP contribution in [0.1, 0.15) is 11.3 Å². The molecule has 0 unspecified atom stereocenters. The third-order valence-corrected chi connectivity index (χ3v) is 2.31. The highest BCUT2D eigenvalue weighted by atomic mass is 35.5. The summed E-state index contributed by atoms with van der Waals surface area (Å²) in [4.78, 5) is 4.14. The lowest BCUT2D eigenvalue weighted by atomic mass is 10.2. The van der Waals surface area contributed by atoms with Crippen molar-refractivity contribution >= 4 is 16.6 Å². The van der Waals surface area contributed by atoms with Crippen molar-refractivity contribution in [1.82, 2.24) is 9.55 Å². The van der Waals surface area contributed by atoms with Crippen LogP contribution in [0.15, 0.2) is 49.4 Å². The van der Waals surface area contributed by atoms with E-state index >= 15 is 0 Å². The number of nitrogens with zero attached hydrogens (tertiary/aromatic N) is 2. The lowest BCUT2D eigenvalue weighted by Crippen LogP contribution is -1.95. The van der Waals surface area contributed by atoms with E-state index in [1.807, 2.05) is 29.0 Å². The molecule has 1 aromatic heterocycles. The molecule has 0 amide bonds. The van der Waals surface area contributed by atoms with Gasteiger partial charge in [-0.25, -0.2) is 4.98 Å². The number of imidazole rings is 1. The summed E-state index contributed by atoms with van der Waals surface area (Å²) in [6.07, 6.45) is 3.65. The first-order chi connectivity index (χ1) is 7.25. The summed E-state index contributed by atoms with van der Waals surface area (Å²) in [7, 11) is 0. The van der Waals surface area contributed by atoms with Crippen molar-refractivity contribution in [2.24, 2.45) is 0 Å². The monoisotopic (exact) mass is 218 g/mol. The Kier molecular flexibility index (Phi) is 2.88. The Balaban J connectivity index is 2.15. The Labute approximate surface area is 93.8 Å². The van der Waals surface area contributed by atoms with Crippen molar-refractivity contribution < 1.29 is 0 Å². The largest absolute Gasteiger partial charge is 0.332 e. The van der Waals surface area contributed by atoms with Gasteiger partial charge >= 0.3 is 0 Å². The van der Waals surface area contributed by atoms with E-state index in [0.29, 0.717) is 5.03 Å². The second-order valence-corrected chi connectivity index (χ2v) is 3.78. The molecule has 0 radical (unpaired) electrons. The van der Waals surface area contributed by atoms with Gasteiger partial charge in [0.05, 0.1) is 17.1 Å². The van der Waals surface area contributed by atoms with Gasteiger partial charge in [0.1, 0.15) is 0 Å². The molecule has 0 bridgehead atoms. The maximum atomic E-state index is 5.75. The number of benzene rings is 1. The van der Waals surface area contributed by atoms with Gasteiger partial charge in [-0.3, -0.25) is 0 Å². The van der Waals surface area contributed by atoms with E-state index in [1.54, 1.807) is 6.33 Å². The molecule has 0 spiro atoms. The predicted octanol–water partition coefficient (Wildman–Crippen LogP) is 3.14. The Morgan fingerprint density at radius 3 is 2.67 bits per heavy atom. The second-order valence-electron chi connectivity index (χ2n) is 3.32. The van der Waals surface area contributed by atoms with Crippen molar-refractivity contribution in [3.8, 4) is 0 Å². The topological polar surface area (TPSA) is 17.8 Å². The molecule has 0 fully saturated rings. The standard InChI is InChI=1S/C12H11ClN2/c1-10(13)12-8-15(9-14-12)7-11-5-3-2-4-6-11/h2-6,8-9H,1,7H2. The van der Waals surface area contributed by atoms with Gasteiger partial charge in [0.2, 0.25) is 0 Å². The molecular formula is C12H11ClN2. The fourth-order valence-electron chi connectivity index (χ4n) is 1.38. The van der Waals surface area contributed by atoms with Crippen LogP contribution >= 0.6 is 11.6 Å². The smallest absolute Gasteiger partial charge is 0.0990 e. The third-order valence-electron chi connectivity index (χ3n) is 2.12. The number of hydrogen-bond acceptors (Lipinski definition) is 1. The SMILES string of the molecule is C=C(Cl)c1cn(Cc2ccccc2)cn1. The molecule has 0 saturated heterocycles. The van der Waals surface area contributed by atoms with Crippen LogP contribution in [0.3, 0.4) is 0 Å². The summed E-state index contributed by atoms with van der Waals surface area (Å²) >= 11 is 5.75. The molecule has 2 nitrogen and oxygen atoms in total. The predicted molar refractivity (Wildman–Crippen MR) is 62.7 cm³/mol. The van der Waals surface area contributed by atoms with Crippen LogP contribution < -0.4 is 0 Å². The molecule has 0 N–H and O–H groups in total. The third kappa shape index (κ3) is 2.48. The fourth-order valence-corrected chi connectivity index (χ4v) is 1.48. The number of halogens is 1. The summed E-state index contributed by atoms with van der Waals surface area (Å²) < 4.78 is 1.98. The summed E-state index contributed by atoms with van der Waals surface area (Å²) in [5.41, 5.74) is 1.97. The van der Waals surface area contributed by atoms with E-state index in [1.165, 1.54) is 5.56 Å². The van der Waals surface area contributed by atoms with Crippen LogP contribution in [0, 0.1) is 0 Å². The maximum Gasteiger partial charge on any atom is 0.0990 e. The highest BCUT2D eigenvalue weighted by molar-refractivity contribution is 6.47. The minimum Gasteiger partial charge on any atom is -0.332 e. The number of aromatic nitrogens is 2. The van der Waals surface area contributed by atoms with Crippen LogP contribution in [0.5, 0.6) is 0 Å². The van der Waals surface area contributed by atoms with Gasteiger partial charge in [-0.2, -0.15) is 0 Å². The number of rotatable bonds is 3. The first-order valence-corrected chi connectivity index (χ1v) is 5.04. The molecule has 2 aromatic rings. The second kappa shape index (κ2) is 4.32. The first kappa shape index (κ1) is 9.99. The van der Waals surface area contributed by atoms with E-state index in [4.69, 9.17) is 11.6 Å². The van der Waals surface area contributed by atoms with Gasteiger partial charge in [0.25, 0.3) is 0 Å². The molecule has 3 heteroatoms. The molecule has 2 rings (SSSR count). The van der Waals surface area contributed by atoms with Crippen LogP contribution in [0.25, 0.3) is 5.03 Å². The highest BCUT2D eigenvalue weighted by Gasteiger charge is 2.00. The van der Waals surface area contributed by atoms with Crippen molar-refractivity contribution in [3.05, 3.63) is 60.7 Å². The molecule has 0 aliphatic rings. The zero-order valence-corrected chi connectivity index (χ0v) is 8.98. The van der Waals surface area contributed by atoms with Gasteiger partial charge < -0.3 is 4.57 Å². The molecule has 1 heterocycles. The molecule has 0 atom stereocenters. The lowest BCUT2D eigenvalue weighted by molar-refractivity contribution is 0.797.